The van der Waals surface area contributed by atoms with Gasteiger partial charge in [0, 0.05) is 18.0 Å². The molecule has 27 heavy (non-hydrogen) atoms. The number of benzene rings is 1. The number of nitrogens with one attached hydrogen (secondary N) is 2. The summed E-state index contributed by atoms with van der Waals surface area (Å²) < 4.78 is 41.8. The summed E-state index contributed by atoms with van der Waals surface area (Å²) in [4.78, 5) is 4.29. The molecule has 0 saturated heterocycles. The molecule has 0 radical (unpaired) electrons. The van der Waals surface area contributed by atoms with Crippen molar-refractivity contribution in [3.63, 3.8) is 0 Å². The SMILES string of the molecule is C=C(NC(C(C)C)C(F)(F)F)c1n[nH]c2ccc(-c3cnc(C)n3C)cc12. The van der Waals surface area contributed by atoms with Gasteiger partial charge in [0.2, 0.25) is 0 Å². The number of rotatable bonds is 5. The van der Waals surface area contributed by atoms with Crippen LogP contribution in [0.3, 0.4) is 0 Å². The van der Waals surface area contributed by atoms with Crippen LogP contribution in [0.25, 0.3) is 27.9 Å². The highest BCUT2D eigenvalue weighted by atomic mass is 19.4. The lowest BCUT2D eigenvalue weighted by atomic mass is 10.0. The average Bonchev–Trinajstić information content (AvgIpc) is 3.14. The maximum Gasteiger partial charge on any atom is 0.408 e. The molecule has 0 saturated carbocycles. The molecule has 1 unspecified atom stereocenters. The molecule has 2 aromatic heterocycles. The van der Waals surface area contributed by atoms with Gasteiger partial charge in [-0.2, -0.15) is 18.3 Å². The van der Waals surface area contributed by atoms with Crippen molar-refractivity contribution >= 4 is 16.6 Å². The number of aromatic amines is 1. The Bertz CT molecular complexity index is 981. The molecule has 2 heterocycles. The zero-order valence-electron chi connectivity index (χ0n) is 15.6. The van der Waals surface area contributed by atoms with E-state index in [9.17, 15) is 13.2 Å². The summed E-state index contributed by atoms with van der Waals surface area (Å²) in [6.45, 7) is 8.73. The van der Waals surface area contributed by atoms with Crippen LogP contribution in [0.15, 0.2) is 31.0 Å². The third-order valence-corrected chi connectivity index (χ3v) is 4.71. The number of hydrogen-bond donors (Lipinski definition) is 2. The summed E-state index contributed by atoms with van der Waals surface area (Å²) in [5.41, 5.74) is 3.05. The fraction of sp³-hybridized carbons (Fsp3) is 0.368. The minimum absolute atomic E-state index is 0.135. The van der Waals surface area contributed by atoms with E-state index in [0.29, 0.717) is 11.1 Å². The highest BCUT2D eigenvalue weighted by Crippen LogP contribution is 2.30. The second-order valence-corrected chi connectivity index (χ2v) is 6.97. The Labute approximate surface area is 155 Å². The molecular weight excluding hydrogens is 355 g/mol. The Kier molecular flexibility index (Phi) is 4.75. The Morgan fingerprint density at radius 3 is 2.56 bits per heavy atom. The van der Waals surface area contributed by atoms with E-state index >= 15 is 0 Å². The first-order valence-electron chi connectivity index (χ1n) is 8.59. The van der Waals surface area contributed by atoms with Crippen molar-refractivity contribution in [2.24, 2.45) is 13.0 Å². The number of aryl methyl sites for hydroxylation is 1. The first-order valence-corrected chi connectivity index (χ1v) is 8.59. The van der Waals surface area contributed by atoms with Gasteiger partial charge in [0.05, 0.1) is 23.1 Å². The third kappa shape index (κ3) is 3.56. The van der Waals surface area contributed by atoms with Crippen molar-refractivity contribution < 1.29 is 13.2 Å². The molecule has 1 aromatic carbocycles. The Morgan fingerprint density at radius 2 is 2.00 bits per heavy atom. The van der Waals surface area contributed by atoms with Gasteiger partial charge in [-0.1, -0.05) is 26.5 Å². The topological polar surface area (TPSA) is 58.5 Å². The fourth-order valence-electron chi connectivity index (χ4n) is 3.06. The van der Waals surface area contributed by atoms with E-state index in [1.165, 1.54) is 13.8 Å². The van der Waals surface area contributed by atoms with Crippen LogP contribution in [-0.4, -0.2) is 32.0 Å². The molecule has 8 heteroatoms. The summed E-state index contributed by atoms with van der Waals surface area (Å²) in [5, 5.41) is 10.2. The molecule has 2 N–H and O–H groups in total. The Hall–Kier alpha value is -2.77. The predicted molar refractivity (Wildman–Crippen MR) is 99.9 cm³/mol. The molecule has 3 rings (SSSR count). The van der Waals surface area contributed by atoms with E-state index in [2.05, 4.69) is 27.1 Å². The molecule has 0 aliphatic heterocycles. The summed E-state index contributed by atoms with van der Waals surface area (Å²) in [5.74, 6) is 0.230. The number of aromatic nitrogens is 4. The van der Waals surface area contributed by atoms with E-state index in [-0.39, 0.29) is 5.70 Å². The maximum atomic E-state index is 13.3. The van der Waals surface area contributed by atoms with Crippen LogP contribution in [0.1, 0.15) is 25.4 Å². The molecule has 0 fully saturated rings. The van der Waals surface area contributed by atoms with Crippen molar-refractivity contribution in [2.45, 2.75) is 33.0 Å². The molecule has 0 aliphatic carbocycles. The number of fused-ring (bicyclic) bond motifs is 1. The lowest BCUT2D eigenvalue weighted by Crippen LogP contribution is -2.45. The van der Waals surface area contributed by atoms with E-state index in [0.717, 1.165) is 22.6 Å². The van der Waals surface area contributed by atoms with E-state index in [1.54, 1.807) is 6.20 Å². The quantitative estimate of drug-likeness (QED) is 0.692. The van der Waals surface area contributed by atoms with Gasteiger partial charge >= 0.3 is 6.18 Å². The predicted octanol–water partition coefficient (Wildman–Crippen LogP) is 4.42. The van der Waals surface area contributed by atoms with Crippen molar-refractivity contribution in [3.05, 3.63) is 42.5 Å². The zero-order valence-corrected chi connectivity index (χ0v) is 15.6. The molecule has 0 spiro atoms. The first-order chi connectivity index (χ1) is 12.6. The number of H-pyrrole nitrogens is 1. The molecule has 0 amide bonds. The van der Waals surface area contributed by atoms with Gasteiger partial charge in [-0.05, 0) is 25.0 Å². The smallest absolute Gasteiger partial charge is 0.372 e. The molecular formula is C19H22F3N5. The first kappa shape index (κ1) is 19.0. The van der Waals surface area contributed by atoms with Gasteiger partial charge < -0.3 is 9.88 Å². The number of hydrogen-bond acceptors (Lipinski definition) is 3. The lowest BCUT2D eigenvalue weighted by Gasteiger charge is -2.26. The highest BCUT2D eigenvalue weighted by molar-refractivity contribution is 5.92. The number of nitrogens with zero attached hydrogens (tertiary/aromatic N) is 3. The third-order valence-electron chi connectivity index (χ3n) is 4.71. The van der Waals surface area contributed by atoms with Crippen LogP contribution in [-0.2, 0) is 7.05 Å². The summed E-state index contributed by atoms with van der Waals surface area (Å²) >= 11 is 0. The van der Waals surface area contributed by atoms with E-state index in [4.69, 9.17) is 0 Å². The van der Waals surface area contributed by atoms with Gasteiger partial charge in [-0.3, -0.25) is 5.10 Å². The summed E-state index contributed by atoms with van der Waals surface area (Å²) in [6.07, 6.45) is -2.61. The van der Waals surface area contributed by atoms with Crippen LogP contribution in [0.2, 0.25) is 0 Å². The molecule has 5 nitrogen and oxygen atoms in total. The van der Waals surface area contributed by atoms with Crippen molar-refractivity contribution in [1.82, 2.24) is 25.1 Å². The van der Waals surface area contributed by atoms with Crippen molar-refractivity contribution in [2.75, 3.05) is 0 Å². The molecule has 3 aromatic rings. The molecule has 1 atom stereocenters. The van der Waals surface area contributed by atoms with Crippen LogP contribution >= 0.6 is 0 Å². The standard InChI is InChI=1S/C19H22F3N5/c1-10(2)18(19(20,21)22)24-11(3)17-14-8-13(6-7-15(14)25-26-17)16-9-23-12(4)27(16)5/h6-10,18,24H,3H2,1-2,4-5H3,(H,25,26). The Balaban J connectivity index is 1.99. The van der Waals surface area contributed by atoms with E-state index in [1.807, 2.05) is 36.7 Å². The van der Waals surface area contributed by atoms with E-state index < -0.39 is 18.1 Å². The number of halogens is 3. The van der Waals surface area contributed by atoms with Crippen molar-refractivity contribution in [1.29, 1.82) is 0 Å². The largest absolute Gasteiger partial charge is 0.408 e. The van der Waals surface area contributed by atoms with Crippen LogP contribution < -0.4 is 5.32 Å². The number of alkyl halides is 3. The van der Waals surface area contributed by atoms with Gasteiger partial charge in [0.25, 0.3) is 0 Å². The molecule has 0 aliphatic rings. The van der Waals surface area contributed by atoms with Gasteiger partial charge in [-0.15, -0.1) is 0 Å². The zero-order chi connectivity index (χ0) is 19.9. The molecule has 0 bridgehead atoms. The van der Waals surface area contributed by atoms with Crippen LogP contribution in [0.5, 0.6) is 0 Å². The van der Waals surface area contributed by atoms with Gasteiger partial charge in [0.1, 0.15) is 17.6 Å². The number of imidazole rings is 1. The van der Waals surface area contributed by atoms with Crippen LogP contribution in [0, 0.1) is 12.8 Å². The lowest BCUT2D eigenvalue weighted by molar-refractivity contribution is -0.161. The highest BCUT2D eigenvalue weighted by Gasteiger charge is 2.42. The summed E-state index contributed by atoms with van der Waals surface area (Å²) in [7, 11) is 1.91. The second-order valence-electron chi connectivity index (χ2n) is 6.97. The minimum atomic E-state index is -4.37. The monoisotopic (exact) mass is 377 g/mol. The van der Waals surface area contributed by atoms with Gasteiger partial charge in [-0.25, -0.2) is 4.98 Å². The molecule has 144 valence electrons. The van der Waals surface area contributed by atoms with Gasteiger partial charge in [0.15, 0.2) is 0 Å². The maximum absolute atomic E-state index is 13.3. The Morgan fingerprint density at radius 1 is 1.30 bits per heavy atom. The summed E-state index contributed by atoms with van der Waals surface area (Å²) in [6, 6.07) is 3.96. The minimum Gasteiger partial charge on any atom is -0.372 e. The second kappa shape index (κ2) is 6.75. The normalized spacial score (nSPS) is 13.3. The van der Waals surface area contributed by atoms with Crippen LogP contribution in [0.4, 0.5) is 13.2 Å². The van der Waals surface area contributed by atoms with Crippen molar-refractivity contribution in [3.8, 4) is 11.3 Å². The average molecular weight is 377 g/mol. The fourth-order valence-corrected chi connectivity index (χ4v) is 3.06.